The first-order valence-electron chi connectivity index (χ1n) is 11.4. The van der Waals surface area contributed by atoms with E-state index in [1.54, 1.807) is 0 Å². The zero-order chi connectivity index (χ0) is 21.6. The summed E-state index contributed by atoms with van der Waals surface area (Å²) in [4.78, 5) is 24.0. The van der Waals surface area contributed by atoms with E-state index in [-0.39, 0.29) is 12.0 Å². The molecule has 0 atom stereocenters. The lowest BCUT2D eigenvalue weighted by atomic mass is 10.0. The third kappa shape index (κ3) is 5.83. The maximum atomic E-state index is 12.9. The van der Waals surface area contributed by atoms with E-state index in [1.807, 2.05) is 54.5 Å². The summed E-state index contributed by atoms with van der Waals surface area (Å²) in [6, 6.07) is 14.1. The lowest BCUT2D eigenvalue weighted by molar-refractivity contribution is 0.0659. The molecule has 2 aromatic rings. The Labute approximate surface area is 185 Å². The fourth-order valence-electron chi connectivity index (χ4n) is 4.53. The number of ether oxygens (including phenoxy) is 1. The molecule has 1 amide bonds. The summed E-state index contributed by atoms with van der Waals surface area (Å²) >= 11 is 0. The Bertz CT molecular complexity index is 826. The van der Waals surface area contributed by atoms with Crippen LogP contribution in [0.15, 0.2) is 48.7 Å². The van der Waals surface area contributed by atoms with Crippen molar-refractivity contribution in [1.82, 2.24) is 19.7 Å². The number of hydrogen-bond acceptors (Lipinski definition) is 5. The van der Waals surface area contributed by atoms with Crippen molar-refractivity contribution < 1.29 is 9.53 Å². The van der Waals surface area contributed by atoms with Gasteiger partial charge in [0, 0.05) is 44.5 Å². The lowest BCUT2D eigenvalue weighted by Crippen LogP contribution is -2.44. The van der Waals surface area contributed by atoms with Gasteiger partial charge in [0.2, 0.25) is 0 Å². The fraction of sp³-hybridized carbons (Fsp3) is 0.520. The molecular formula is C25H34N4O2. The molecule has 2 fully saturated rings. The molecule has 6 nitrogen and oxygen atoms in total. The minimum absolute atomic E-state index is 0.101. The SMILES string of the molecule is CN1CCC(N(C)C(=O)c2ccc(OC3CCN(Cc4ccccn4)CC3)cc2)CC1. The predicted molar refractivity (Wildman–Crippen MR) is 122 cm³/mol. The third-order valence-corrected chi connectivity index (χ3v) is 6.61. The number of carbonyl (C=O) groups is 1. The van der Waals surface area contributed by atoms with E-state index >= 15 is 0 Å². The highest BCUT2D eigenvalue weighted by Gasteiger charge is 2.25. The molecule has 0 unspecified atom stereocenters. The second kappa shape index (κ2) is 10.2. The van der Waals surface area contributed by atoms with Gasteiger partial charge in [-0.25, -0.2) is 0 Å². The Kier molecular flexibility index (Phi) is 7.20. The van der Waals surface area contributed by atoms with Crippen LogP contribution in [0.2, 0.25) is 0 Å². The first kappa shape index (κ1) is 21.8. The molecule has 1 aromatic heterocycles. The minimum Gasteiger partial charge on any atom is -0.490 e. The Morgan fingerprint density at radius 2 is 1.74 bits per heavy atom. The van der Waals surface area contributed by atoms with E-state index in [9.17, 15) is 4.79 Å². The number of benzene rings is 1. The fourth-order valence-corrected chi connectivity index (χ4v) is 4.53. The van der Waals surface area contributed by atoms with E-state index in [2.05, 4.69) is 27.9 Å². The predicted octanol–water partition coefficient (Wildman–Crippen LogP) is 3.29. The molecule has 2 saturated heterocycles. The third-order valence-electron chi connectivity index (χ3n) is 6.61. The van der Waals surface area contributed by atoms with Crippen LogP contribution in [0.3, 0.4) is 0 Å². The standard InChI is InChI=1S/C25H34N4O2/c1-27-15-10-22(11-16-27)28(2)25(30)20-6-8-23(9-7-20)31-24-12-17-29(18-13-24)19-21-5-3-4-14-26-21/h3-9,14,22,24H,10-13,15-19H2,1-2H3. The van der Waals surface area contributed by atoms with E-state index in [0.29, 0.717) is 6.04 Å². The monoisotopic (exact) mass is 422 g/mol. The maximum Gasteiger partial charge on any atom is 0.253 e. The van der Waals surface area contributed by atoms with Crippen LogP contribution in [-0.2, 0) is 6.54 Å². The Hall–Kier alpha value is -2.44. The lowest BCUT2D eigenvalue weighted by Gasteiger charge is -2.35. The van der Waals surface area contributed by atoms with Gasteiger partial charge >= 0.3 is 0 Å². The number of likely N-dealkylation sites (tertiary alicyclic amines) is 2. The van der Waals surface area contributed by atoms with Crippen LogP contribution in [0.1, 0.15) is 41.7 Å². The number of amides is 1. The summed E-state index contributed by atoms with van der Waals surface area (Å²) in [6.07, 6.45) is 6.17. The number of nitrogens with zero attached hydrogens (tertiary/aromatic N) is 4. The number of rotatable bonds is 6. The summed E-state index contributed by atoms with van der Waals surface area (Å²) in [5.74, 6) is 0.950. The van der Waals surface area contributed by atoms with Gasteiger partial charge in [0.15, 0.2) is 0 Å². The summed E-state index contributed by atoms with van der Waals surface area (Å²) in [5.41, 5.74) is 1.85. The first-order valence-corrected chi connectivity index (χ1v) is 11.4. The van der Waals surface area contributed by atoms with Gasteiger partial charge < -0.3 is 14.5 Å². The van der Waals surface area contributed by atoms with Gasteiger partial charge in [0.05, 0.1) is 5.69 Å². The van der Waals surface area contributed by atoms with E-state index in [1.165, 1.54) is 0 Å². The number of piperidine rings is 2. The minimum atomic E-state index is 0.101. The summed E-state index contributed by atoms with van der Waals surface area (Å²) in [7, 11) is 4.07. The van der Waals surface area contributed by atoms with Crippen LogP contribution in [0.25, 0.3) is 0 Å². The molecule has 0 saturated carbocycles. The highest BCUT2D eigenvalue weighted by Crippen LogP contribution is 2.22. The highest BCUT2D eigenvalue weighted by molar-refractivity contribution is 5.94. The molecule has 2 aliphatic heterocycles. The average molecular weight is 423 g/mol. The molecule has 0 aliphatic carbocycles. The van der Waals surface area contributed by atoms with Crippen molar-refractivity contribution in [3.05, 3.63) is 59.9 Å². The van der Waals surface area contributed by atoms with E-state index in [4.69, 9.17) is 4.74 Å². The normalized spacial score (nSPS) is 19.3. The van der Waals surface area contributed by atoms with Crippen molar-refractivity contribution in [3.63, 3.8) is 0 Å². The van der Waals surface area contributed by atoms with Crippen LogP contribution in [-0.4, -0.2) is 78.0 Å². The maximum absolute atomic E-state index is 12.9. The van der Waals surface area contributed by atoms with Crippen molar-refractivity contribution >= 4 is 5.91 Å². The summed E-state index contributed by atoms with van der Waals surface area (Å²) in [6.45, 7) is 5.03. The molecule has 0 N–H and O–H groups in total. The van der Waals surface area contributed by atoms with Crippen LogP contribution in [0, 0.1) is 0 Å². The smallest absolute Gasteiger partial charge is 0.253 e. The van der Waals surface area contributed by atoms with Gasteiger partial charge in [-0.1, -0.05) is 6.07 Å². The van der Waals surface area contributed by atoms with Crippen molar-refractivity contribution in [2.24, 2.45) is 0 Å². The zero-order valence-corrected chi connectivity index (χ0v) is 18.7. The Balaban J connectivity index is 1.25. The second-order valence-corrected chi connectivity index (χ2v) is 8.89. The van der Waals surface area contributed by atoms with Crippen LogP contribution in [0.4, 0.5) is 0 Å². The molecule has 6 heteroatoms. The molecule has 166 valence electrons. The van der Waals surface area contributed by atoms with Gasteiger partial charge in [-0.05, 0) is 82.2 Å². The number of pyridine rings is 1. The molecule has 31 heavy (non-hydrogen) atoms. The molecule has 2 aliphatic rings. The van der Waals surface area contributed by atoms with Crippen molar-refractivity contribution in [1.29, 1.82) is 0 Å². The Morgan fingerprint density at radius 1 is 1.03 bits per heavy atom. The zero-order valence-electron chi connectivity index (χ0n) is 18.7. The molecule has 1 aromatic carbocycles. The molecular weight excluding hydrogens is 388 g/mol. The average Bonchev–Trinajstić information content (AvgIpc) is 2.81. The van der Waals surface area contributed by atoms with Crippen LogP contribution < -0.4 is 4.74 Å². The van der Waals surface area contributed by atoms with Gasteiger partial charge in [-0.3, -0.25) is 14.7 Å². The summed E-state index contributed by atoms with van der Waals surface area (Å²) in [5, 5.41) is 0. The van der Waals surface area contributed by atoms with Gasteiger partial charge in [0.1, 0.15) is 11.9 Å². The highest BCUT2D eigenvalue weighted by atomic mass is 16.5. The molecule has 0 spiro atoms. The number of hydrogen-bond donors (Lipinski definition) is 0. The van der Waals surface area contributed by atoms with E-state index in [0.717, 1.165) is 75.4 Å². The first-order chi connectivity index (χ1) is 15.1. The van der Waals surface area contributed by atoms with Gasteiger partial charge in [0.25, 0.3) is 5.91 Å². The summed E-state index contributed by atoms with van der Waals surface area (Å²) < 4.78 is 6.20. The molecule has 3 heterocycles. The molecule has 0 radical (unpaired) electrons. The second-order valence-electron chi connectivity index (χ2n) is 8.89. The topological polar surface area (TPSA) is 48.9 Å². The quantitative estimate of drug-likeness (QED) is 0.715. The molecule has 0 bridgehead atoms. The van der Waals surface area contributed by atoms with Crippen molar-refractivity contribution in [2.75, 3.05) is 40.3 Å². The van der Waals surface area contributed by atoms with Crippen molar-refractivity contribution in [3.8, 4) is 5.75 Å². The number of aromatic nitrogens is 1. The largest absolute Gasteiger partial charge is 0.490 e. The van der Waals surface area contributed by atoms with Crippen LogP contribution >= 0.6 is 0 Å². The van der Waals surface area contributed by atoms with Crippen molar-refractivity contribution in [2.45, 2.75) is 44.4 Å². The van der Waals surface area contributed by atoms with Gasteiger partial charge in [-0.2, -0.15) is 0 Å². The Morgan fingerprint density at radius 3 is 2.39 bits per heavy atom. The van der Waals surface area contributed by atoms with Crippen LogP contribution in [0.5, 0.6) is 5.75 Å². The van der Waals surface area contributed by atoms with Gasteiger partial charge in [-0.15, -0.1) is 0 Å². The molecule has 4 rings (SSSR count). The number of carbonyl (C=O) groups excluding carboxylic acids is 1. The van der Waals surface area contributed by atoms with E-state index < -0.39 is 0 Å².